The highest BCUT2D eigenvalue weighted by atomic mass is 79.9. The Kier molecular flexibility index (Phi) is 6.12. The maximum Gasteiger partial charge on any atom is 0.255 e. The van der Waals surface area contributed by atoms with E-state index in [1.807, 2.05) is 29.2 Å². The first-order valence-electron chi connectivity index (χ1n) is 5.91. The number of hydrogen-bond acceptors (Lipinski definition) is 2. The first-order valence-corrected chi connectivity index (χ1v) is 6.70. The lowest BCUT2D eigenvalue weighted by molar-refractivity contribution is 0.0762. The molecule has 0 aromatic heterocycles. The summed E-state index contributed by atoms with van der Waals surface area (Å²) in [6.07, 6.45) is 1.05. The topological polar surface area (TPSA) is 23.6 Å². The van der Waals surface area contributed by atoms with Crippen LogP contribution in [0.3, 0.4) is 0 Å². The van der Waals surface area contributed by atoms with Gasteiger partial charge in [0.2, 0.25) is 0 Å². The summed E-state index contributed by atoms with van der Waals surface area (Å²) >= 11 is 3.44. The minimum absolute atomic E-state index is 0. The molecule has 100 valence electrons. The van der Waals surface area contributed by atoms with Gasteiger partial charge in [0.25, 0.3) is 5.91 Å². The molecule has 1 aromatic carbocycles. The van der Waals surface area contributed by atoms with Crippen molar-refractivity contribution in [2.24, 2.45) is 0 Å². The quantitative estimate of drug-likeness (QED) is 0.789. The van der Waals surface area contributed by atoms with E-state index in [1.165, 1.54) is 0 Å². The van der Waals surface area contributed by atoms with Crippen LogP contribution in [0.1, 0.15) is 16.8 Å². The van der Waals surface area contributed by atoms with E-state index < -0.39 is 0 Å². The van der Waals surface area contributed by atoms with Gasteiger partial charge in [-0.3, -0.25) is 4.79 Å². The number of hydrogen-bond donors (Lipinski definition) is 0. The molecule has 0 aliphatic carbocycles. The fraction of sp³-hybridized carbons (Fsp3) is 0.462. The van der Waals surface area contributed by atoms with E-state index >= 15 is 0 Å². The van der Waals surface area contributed by atoms with E-state index in [0.29, 0.717) is 0 Å². The summed E-state index contributed by atoms with van der Waals surface area (Å²) in [5, 5.41) is 0. The molecule has 1 fully saturated rings. The van der Waals surface area contributed by atoms with Crippen molar-refractivity contribution in [1.29, 1.82) is 0 Å². The van der Waals surface area contributed by atoms with Crippen LogP contribution in [0.5, 0.6) is 0 Å². The molecule has 1 saturated heterocycles. The van der Waals surface area contributed by atoms with Gasteiger partial charge < -0.3 is 9.80 Å². The van der Waals surface area contributed by atoms with Gasteiger partial charge in [0.15, 0.2) is 0 Å². The summed E-state index contributed by atoms with van der Waals surface area (Å²) in [6, 6.07) is 7.62. The summed E-state index contributed by atoms with van der Waals surface area (Å²) in [4.78, 5) is 16.6. The van der Waals surface area contributed by atoms with E-state index in [4.69, 9.17) is 0 Å². The largest absolute Gasteiger partial charge is 0.337 e. The Morgan fingerprint density at radius 2 is 1.89 bits per heavy atom. The van der Waals surface area contributed by atoms with Crippen molar-refractivity contribution in [3.05, 3.63) is 34.3 Å². The normalized spacial score (nSPS) is 16.9. The predicted molar refractivity (Wildman–Crippen MR) is 79.4 cm³/mol. The summed E-state index contributed by atoms with van der Waals surface area (Å²) in [5.41, 5.74) is 0.761. The molecule has 0 saturated carbocycles. The summed E-state index contributed by atoms with van der Waals surface area (Å²) in [5.74, 6) is 0.132. The Morgan fingerprint density at radius 1 is 1.17 bits per heavy atom. The van der Waals surface area contributed by atoms with Gasteiger partial charge in [0.05, 0.1) is 5.56 Å². The molecule has 0 spiro atoms. The molecular formula is C13H18BrClN2O. The molecule has 1 aliphatic heterocycles. The molecule has 1 amide bonds. The van der Waals surface area contributed by atoms with E-state index in [1.54, 1.807) is 0 Å². The molecule has 0 radical (unpaired) electrons. The standard InChI is InChI=1S/C13H17BrN2O.ClH/c1-15-7-4-8-16(10-9-15)13(17)11-5-2-3-6-12(11)14;/h2-3,5-6H,4,7-10H2,1H3;1H. The Bertz CT molecular complexity index is 414. The van der Waals surface area contributed by atoms with E-state index in [2.05, 4.69) is 27.9 Å². The first-order chi connectivity index (χ1) is 8.18. The van der Waals surface area contributed by atoms with Gasteiger partial charge in [-0.2, -0.15) is 0 Å². The zero-order valence-electron chi connectivity index (χ0n) is 10.4. The third-order valence-corrected chi connectivity index (χ3v) is 3.80. The maximum absolute atomic E-state index is 12.4. The van der Waals surface area contributed by atoms with Crippen LogP contribution in [0.2, 0.25) is 0 Å². The van der Waals surface area contributed by atoms with Crippen LogP contribution < -0.4 is 0 Å². The number of carbonyl (C=O) groups excluding carboxylic acids is 1. The molecule has 1 aromatic rings. The second-order valence-corrected chi connectivity index (χ2v) is 5.28. The highest BCUT2D eigenvalue weighted by Crippen LogP contribution is 2.18. The van der Waals surface area contributed by atoms with Crippen LogP contribution in [-0.4, -0.2) is 48.9 Å². The van der Waals surface area contributed by atoms with Crippen LogP contribution in [-0.2, 0) is 0 Å². The molecule has 0 N–H and O–H groups in total. The number of benzene rings is 1. The molecule has 2 rings (SSSR count). The van der Waals surface area contributed by atoms with E-state index in [0.717, 1.165) is 42.6 Å². The van der Waals surface area contributed by atoms with Crippen molar-refractivity contribution in [3.8, 4) is 0 Å². The van der Waals surface area contributed by atoms with Gasteiger partial charge in [-0.15, -0.1) is 12.4 Å². The van der Waals surface area contributed by atoms with Gasteiger partial charge in [-0.05, 0) is 48.1 Å². The molecule has 0 bridgehead atoms. The minimum Gasteiger partial charge on any atom is -0.337 e. The lowest BCUT2D eigenvalue weighted by atomic mass is 10.2. The number of likely N-dealkylation sites (N-methyl/N-ethyl adjacent to an activating group) is 1. The molecule has 3 nitrogen and oxygen atoms in total. The Hall–Kier alpha value is -0.580. The van der Waals surface area contributed by atoms with Gasteiger partial charge >= 0.3 is 0 Å². The highest BCUT2D eigenvalue weighted by Gasteiger charge is 2.20. The summed E-state index contributed by atoms with van der Waals surface area (Å²) in [7, 11) is 2.10. The molecule has 0 atom stereocenters. The lowest BCUT2D eigenvalue weighted by Crippen LogP contribution is -2.34. The molecule has 0 unspecified atom stereocenters. The van der Waals surface area contributed by atoms with E-state index in [-0.39, 0.29) is 18.3 Å². The lowest BCUT2D eigenvalue weighted by Gasteiger charge is -2.21. The Morgan fingerprint density at radius 3 is 2.61 bits per heavy atom. The maximum atomic E-state index is 12.4. The van der Waals surface area contributed by atoms with Crippen molar-refractivity contribution < 1.29 is 4.79 Å². The number of rotatable bonds is 1. The molecule has 5 heteroatoms. The number of halogens is 2. The van der Waals surface area contributed by atoms with Gasteiger partial charge in [-0.1, -0.05) is 12.1 Å². The van der Waals surface area contributed by atoms with Crippen LogP contribution in [0, 0.1) is 0 Å². The zero-order chi connectivity index (χ0) is 12.3. The average Bonchev–Trinajstić information content (AvgIpc) is 2.54. The van der Waals surface area contributed by atoms with Gasteiger partial charge in [-0.25, -0.2) is 0 Å². The fourth-order valence-corrected chi connectivity index (χ4v) is 2.51. The minimum atomic E-state index is 0. The molecule has 18 heavy (non-hydrogen) atoms. The van der Waals surface area contributed by atoms with Crippen LogP contribution in [0.15, 0.2) is 28.7 Å². The number of amides is 1. The fourth-order valence-electron chi connectivity index (χ4n) is 2.05. The monoisotopic (exact) mass is 332 g/mol. The number of carbonyl (C=O) groups is 1. The van der Waals surface area contributed by atoms with Crippen molar-refractivity contribution >= 4 is 34.2 Å². The zero-order valence-corrected chi connectivity index (χ0v) is 12.8. The van der Waals surface area contributed by atoms with Crippen molar-refractivity contribution in [2.45, 2.75) is 6.42 Å². The molecule has 1 heterocycles. The van der Waals surface area contributed by atoms with Crippen LogP contribution >= 0.6 is 28.3 Å². The first kappa shape index (κ1) is 15.5. The summed E-state index contributed by atoms with van der Waals surface area (Å²) < 4.78 is 0.877. The van der Waals surface area contributed by atoms with Crippen LogP contribution in [0.4, 0.5) is 0 Å². The Balaban J connectivity index is 0.00000162. The predicted octanol–water partition coefficient (Wildman–Crippen LogP) is 2.65. The van der Waals surface area contributed by atoms with Crippen molar-refractivity contribution in [3.63, 3.8) is 0 Å². The third-order valence-electron chi connectivity index (χ3n) is 3.11. The van der Waals surface area contributed by atoms with E-state index in [9.17, 15) is 4.79 Å². The van der Waals surface area contributed by atoms with Gasteiger partial charge in [0.1, 0.15) is 0 Å². The van der Waals surface area contributed by atoms with Crippen molar-refractivity contribution in [2.75, 3.05) is 33.2 Å². The van der Waals surface area contributed by atoms with Crippen molar-refractivity contribution in [1.82, 2.24) is 9.80 Å². The third kappa shape index (κ3) is 3.70. The highest BCUT2D eigenvalue weighted by molar-refractivity contribution is 9.10. The van der Waals surface area contributed by atoms with Gasteiger partial charge in [0, 0.05) is 24.1 Å². The average molecular weight is 334 g/mol. The smallest absolute Gasteiger partial charge is 0.255 e. The summed E-state index contributed by atoms with van der Waals surface area (Å²) in [6.45, 7) is 3.69. The SMILES string of the molecule is CN1CCCN(C(=O)c2ccccc2Br)CC1.Cl. The molecular weight excluding hydrogens is 316 g/mol. The molecule has 1 aliphatic rings. The second-order valence-electron chi connectivity index (χ2n) is 4.43. The Labute approximate surface area is 123 Å². The number of nitrogens with zero attached hydrogens (tertiary/aromatic N) is 2. The van der Waals surface area contributed by atoms with Crippen LogP contribution in [0.25, 0.3) is 0 Å². The second kappa shape index (κ2) is 7.12.